The maximum atomic E-state index is 12.4. The fraction of sp³-hybridized carbons (Fsp3) is 0.273. The van der Waals surface area contributed by atoms with E-state index < -0.39 is 0 Å². The second-order valence-corrected chi connectivity index (χ2v) is 13.9. The van der Waals surface area contributed by atoms with Crippen molar-refractivity contribution in [3.8, 4) is 22.5 Å². The molecule has 5 aliphatic rings. The van der Waals surface area contributed by atoms with Crippen LogP contribution in [0.4, 0.5) is 17.1 Å². The highest BCUT2D eigenvalue weighted by molar-refractivity contribution is 6.03. The van der Waals surface area contributed by atoms with Gasteiger partial charge in [-0.15, -0.1) is 0 Å². The Hall–Kier alpha value is -4.91. The van der Waals surface area contributed by atoms with E-state index in [0.717, 1.165) is 91.7 Å². The molecule has 4 heterocycles. The number of benzene rings is 5. The van der Waals surface area contributed by atoms with Crippen molar-refractivity contribution in [2.75, 3.05) is 37.7 Å². The number of ether oxygens (including phenoxy) is 1. The number of para-hydroxylation sites is 2. The summed E-state index contributed by atoms with van der Waals surface area (Å²) in [4.78, 5) is 17.3. The minimum atomic E-state index is -0.0490. The summed E-state index contributed by atoms with van der Waals surface area (Å²) >= 11 is 0. The van der Waals surface area contributed by atoms with E-state index in [-0.39, 0.29) is 24.3 Å². The van der Waals surface area contributed by atoms with Gasteiger partial charge in [0.15, 0.2) is 6.54 Å². The molecule has 0 aromatic heterocycles. The lowest BCUT2D eigenvalue weighted by Crippen LogP contribution is -3.00. The Morgan fingerprint density at radius 3 is 2.47 bits per heavy atom. The van der Waals surface area contributed by atoms with Gasteiger partial charge in [-0.3, -0.25) is 9.69 Å². The minimum Gasteiger partial charge on any atom is -1.00 e. The SMILES string of the molecule is CCOC(=O)C1CCN(Cc2ccccc2-c2c3ccc(=[N+]4CCc5ccccc54)cc-3oc3cc(N4CCc5ccccc54)ccc23)CC1.[Cl-]. The van der Waals surface area contributed by atoms with Crippen LogP contribution in [0.15, 0.2) is 114 Å². The van der Waals surface area contributed by atoms with Crippen molar-refractivity contribution in [2.24, 2.45) is 5.92 Å². The molecule has 9 rings (SSSR count). The molecule has 4 aromatic rings. The molecule has 0 radical (unpaired) electrons. The molecule has 0 spiro atoms. The van der Waals surface area contributed by atoms with Crippen molar-refractivity contribution in [1.29, 1.82) is 0 Å². The molecule has 51 heavy (non-hydrogen) atoms. The molecular weight excluding hydrogens is 654 g/mol. The van der Waals surface area contributed by atoms with E-state index in [0.29, 0.717) is 6.61 Å². The minimum absolute atomic E-state index is 0. The van der Waals surface area contributed by atoms with E-state index in [1.807, 2.05) is 6.92 Å². The number of carbonyl (C=O) groups excluding carboxylic acids is 1. The van der Waals surface area contributed by atoms with Crippen LogP contribution in [0, 0.1) is 5.92 Å². The first-order valence-electron chi connectivity index (χ1n) is 18.2. The van der Waals surface area contributed by atoms with Gasteiger partial charge in [0.1, 0.15) is 11.3 Å². The molecule has 1 saturated heterocycles. The Kier molecular flexibility index (Phi) is 9.13. The molecular formula is C44H42ClN3O3. The fourth-order valence-corrected chi connectivity index (χ4v) is 8.44. The maximum Gasteiger partial charge on any atom is 0.309 e. The topological polar surface area (TPSA) is 48.9 Å². The second-order valence-electron chi connectivity index (χ2n) is 13.9. The predicted molar refractivity (Wildman–Crippen MR) is 200 cm³/mol. The predicted octanol–water partition coefficient (Wildman–Crippen LogP) is 5.34. The lowest BCUT2D eigenvalue weighted by Gasteiger charge is -2.31. The summed E-state index contributed by atoms with van der Waals surface area (Å²) in [5.41, 5.74) is 12.2. The fourth-order valence-electron chi connectivity index (χ4n) is 8.44. The second kappa shape index (κ2) is 14.0. The van der Waals surface area contributed by atoms with Gasteiger partial charge in [0.2, 0.25) is 11.0 Å². The van der Waals surface area contributed by atoms with Gasteiger partial charge in [-0.2, -0.15) is 4.58 Å². The number of hydrogen-bond acceptors (Lipinski definition) is 5. The van der Waals surface area contributed by atoms with Crippen molar-refractivity contribution in [3.63, 3.8) is 0 Å². The Bertz CT molecular complexity index is 2290. The molecule has 0 atom stereocenters. The normalized spacial score (nSPS) is 17.0. The summed E-state index contributed by atoms with van der Waals surface area (Å²) in [6.07, 6.45) is 3.75. The first-order chi connectivity index (χ1) is 24.6. The number of fused-ring (bicyclic) bond motifs is 4. The summed E-state index contributed by atoms with van der Waals surface area (Å²) in [7, 11) is 0. The molecule has 0 unspecified atom stereocenters. The Morgan fingerprint density at radius 2 is 1.61 bits per heavy atom. The number of nitrogens with zero attached hydrogens (tertiary/aromatic N) is 3. The molecule has 1 aliphatic carbocycles. The van der Waals surface area contributed by atoms with E-state index in [1.165, 1.54) is 39.2 Å². The zero-order valence-electron chi connectivity index (χ0n) is 29.0. The number of anilines is 2. The van der Waals surface area contributed by atoms with Gasteiger partial charge in [0, 0.05) is 71.2 Å². The molecule has 1 fully saturated rings. The van der Waals surface area contributed by atoms with E-state index in [2.05, 4.69) is 124 Å². The maximum absolute atomic E-state index is 12.4. The quantitative estimate of drug-likeness (QED) is 0.134. The van der Waals surface area contributed by atoms with Gasteiger partial charge in [-0.25, -0.2) is 0 Å². The molecule has 0 bridgehead atoms. The molecule has 4 aliphatic heterocycles. The molecule has 258 valence electrons. The van der Waals surface area contributed by atoms with Gasteiger partial charge in [0.05, 0.1) is 18.6 Å². The number of likely N-dealkylation sites (tertiary alicyclic amines) is 1. The third-order valence-corrected chi connectivity index (χ3v) is 11.0. The lowest BCUT2D eigenvalue weighted by molar-refractivity contribution is -0.149. The zero-order valence-corrected chi connectivity index (χ0v) is 29.7. The van der Waals surface area contributed by atoms with Crippen molar-refractivity contribution in [3.05, 3.63) is 131 Å². The smallest absolute Gasteiger partial charge is 0.309 e. The Balaban J connectivity index is 0.00000374. The van der Waals surface area contributed by atoms with Crippen LogP contribution in [0.1, 0.15) is 36.5 Å². The molecule has 7 heteroatoms. The summed E-state index contributed by atoms with van der Waals surface area (Å²) in [5.74, 6) is 0.837. The molecule has 0 amide bonds. The lowest BCUT2D eigenvalue weighted by atomic mass is 9.90. The van der Waals surface area contributed by atoms with Gasteiger partial charge in [-0.1, -0.05) is 60.7 Å². The van der Waals surface area contributed by atoms with Gasteiger partial charge >= 0.3 is 5.97 Å². The van der Waals surface area contributed by atoms with Crippen LogP contribution in [0.5, 0.6) is 0 Å². The first-order valence-corrected chi connectivity index (χ1v) is 18.2. The van der Waals surface area contributed by atoms with Crippen LogP contribution >= 0.6 is 0 Å². The number of piperidine rings is 1. The number of esters is 1. The molecule has 0 N–H and O–H groups in total. The van der Waals surface area contributed by atoms with Crippen LogP contribution in [0.3, 0.4) is 0 Å². The highest BCUT2D eigenvalue weighted by Crippen LogP contribution is 2.44. The third-order valence-electron chi connectivity index (χ3n) is 11.0. The van der Waals surface area contributed by atoms with E-state index >= 15 is 0 Å². The number of rotatable bonds is 6. The van der Waals surface area contributed by atoms with Crippen molar-refractivity contribution < 1.29 is 26.4 Å². The van der Waals surface area contributed by atoms with Crippen molar-refractivity contribution in [1.82, 2.24) is 9.48 Å². The Morgan fingerprint density at radius 1 is 0.824 bits per heavy atom. The monoisotopic (exact) mass is 695 g/mol. The standard InChI is InChI=1S/C44H42N3O3.ClH/c1-2-49-44(48)32-19-23-45(24-20-32)29-33-11-3-6-12-36(33)43-37-17-15-34(46-25-21-30-9-4-7-13-39(30)46)27-41(37)50-42-28-35(16-18-38(42)43)47-26-22-31-10-5-8-14-40(31)47;/h3-18,27-28,32H,2,19-26,29H2,1H3;1H/q+1;/p-1. The number of carbonyl (C=O) groups is 1. The molecule has 4 aromatic carbocycles. The van der Waals surface area contributed by atoms with Crippen molar-refractivity contribution in [2.45, 2.75) is 39.2 Å². The largest absolute Gasteiger partial charge is 1.00 e. The Labute approximate surface area is 305 Å². The average Bonchev–Trinajstić information content (AvgIpc) is 3.79. The summed E-state index contributed by atoms with van der Waals surface area (Å²) < 4.78 is 14.7. The van der Waals surface area contributed by atoms with Crippen LogP contribution < -0.4 is 27.2 Å². The van der Waals surface area contributed by atoms with Crippen molar-refractivity contribution >= 4 is 34.0 Å². The van der Waals surface area contributed by atoms with Gasteiger partial charge in [-0.05, 0) is 80.2 Å². The number of halogens is 1. The van der Waals surface area contributed by atoms with Crippen LogP contribution in [-0.2, 0) is 28.9 Å². The number of hydrogen-bond donors (Lipinski definition) is 0. The zero-order chi connectivity index (χ0) is 33.6. The average molecular weight is 696 g/mol. The summed E-state index contributed by atoms with van der Waals surface area (Å²) in [5, 5.41) is 2.26. The third kappa shape index (κ3) is 6.11. The molecule has 0 saturated carbocycles. The highest BCUT2D eigenvalue weighted by Gasteiger charge is 2.29. The van der Waals surface area contributed by atoms with Crippen LogP contribution in [0.2, 0.25) is 0 Å². The summed E-state index contributed by atoms with van der Waals surface area (Å²) in [6, 6.07) is 39.8. The van der Waals surface area contributed by atoms with Crippen LogP contribution in [-0.4, -0.2) is 43.7 Å². The van der Waals surface area contributed by atoms with E-state index in [9.17, 15) is 4.79 Å². The van der Waals surface area contributed by atoms with Crippen LogP contribution in [0.25, 0.3) is 33.4 Å². The van der Waals surface area contributed by atoms with E-state index in [4.69, 9.17) is 9.15 Å². The van der Waals surface area contributed by atoms with Gasteiger partial charge in [0.25, 0.3) is 0 Å². The summed E-state index contributed by atoms with van der Waals surface area (Å²) in [6.45, 7) is 6.82. The highest BCUT2D eigenvalue weighted by atomic mass is 35.5. The molecule has 6 nitrogen and oxygen atoms in total. The van der Waals surface area contributed by atoms with E-state index in [1.54, 1.807) is 0 Å². The first kappa shape index (κ1) is 33.2. The van der Waals surface area contributed by atoms with Gasteiger partial charge < -0.3 is 26.5 Å².